The summed E-state index contributed by atoms with van der Waals surface area (Å²) in [6, 6.07) is 0. The molecule has 0 heterocycles. The van der Waals surface area contributed by atoms with Gasteiger partial charge in [0.1, 0.15) is 0 Å². The molecule has 14 heavy (non-hydrogen) atoms. The lowest BCUT2D eigenvalue weighted by Crippen LogP contribution is -2.50. The van der Waals surface area contributed by atoms with Crippen molar-refractivity contribution in [3.63, 3.8) is 0 Å². The van der Waals surface area contributed by atoms with Crippen LogP contribution < -0.4 is 0 Å². The van der Waals surface area contributed by atoms with Gasteiger partial charge in [0.25, 0.3) is 0 Å². The third-order valence-electron chi connectivity index (χ3n) is 3.54. The van der Waals surface area contributed by atoms with Gasteiger partial charge in [0.15, 0.2) is 0 Å². The second-order valence-corrected chi connectivity index (χ2v) is 5.01. The number of halogens is 1. The van der Waals surface area contributed by atoms with E-state index < -0.39 is 0 Å². The van der Waals surface area contributed by atoms with Crippen molar-refractivity contribution in [3.8, 4) is 0 Å². The van der Waals surface area contributed by atoms with Crippen molar-refractivity contribution in [1.82, 2.24) is 0 Å². The number of rotatable bonds is 5. The Kier molecular flexibility index (Phi) is 3.69. The number of hydrogen-bond acceptors (Lipinski definition) is 2. The predicted octanol–water partition coefficient (Wildman–Crippen LogP) is 2.59. The second-order valence-electron chi connectivity index (χ2n) is 4.45. The van der Waals surface area contributed by atoms with Crippen LogP contribution in [0.15, 0.2) is 0 Å². The van der Waals surface area contributed by atoms with E-state index in [1.807, 2.05) is 0 Å². The summed E-state index contributed by atoms with van der Waals surface area (Å²) in [7, 11) is 1.71. The molecule has 0 aromatic carbocycles. The fraction of sp³-hybridized carbons (Fsp3) is 1.00. The van der Waals surface area contributed by atoms with Crippen LogP contribution in [0.1, 0.15) is 32.1 Å². The Bertz CT molecular complexity index is 182. The van der Waals surface area contributed by atoms with Crippen LogP contribution in [0.3, 0.4) is 0 Å². The van der Waals surface area contributed by atoms with Crippen molar-refractivity contribution in [2.45, 2.75) is 49.7 Å². The molecule has 3 heteroatoms. The van der Waals surface area contributed by atoms with E-state index in [0.29, 0.717) is 0 Å². The van der Waals surface area contributed by atoms with E-state index in [1.54, 1.807) is 7.11 Å². The second kappa shape index (κ2) is 4.82. The summed E-state index contributed by atoms with van der Waals surface area (Å²) in [4.78, 5) is 0. The van der Waals surface area contributed by atoms with E-state index in [-0.39, 0.29) is 17.6 Å². The fourth-order valence-corrected chi connectivity index (χ4v) is 2.60. The number of ether oxygens (including phenoxy) is 2. The van der Waals surface area contributed by atoms with E-state index >= 15 is 0 Å². The van der Waals surface area contributed by atoms with Gasteiger partial charge >= 0.3 is 0 Å². The van der Waals surface area contributed by atoms with Crippen LogP contribution in [0.4, 0.5) is 0 Å². The Balaban J connectivity index is 1.56. The first-order valence-electron chi connectivity index (χ1n) is 5.59. The zero-order valence-electron chi connectivity index (χ0n) is 8.75. The maximum atomic E-state index is 5.98. The molecule has 2 nitrogen and oxygen atoms in total. The highest BCUT2D eigenvalue weighted by atomic mass is 35.5. The molecule has 0 spiro atoms. The molecule has 0 bridgehead atoms. The molecule has 2 aliphatic rings. The van der Waals surface area contributed by atoms with Crippen molar-refractivity contribution in [1.29, 1.82) is 0 Å². The molecule has 2 fully saturated rings. The van der Waals surface area contributed by atoms with E-state index in [0.717, 1.165) is 18.9 Å². The average molecular weight is 219 g/mol. The molecule has 2 saturated carbocycles. The van der Waals surface area contributed by atoms with E-state index in [9.17, 15) is 0 Å². The lowest BCUT2D eigenvalue weighted by Gasteiger charge is -2.40. The lowest BCUT2D eigenvalue weighted by molar-refractivity contribution is -0.112. The SMILES string of the molecule is COC1C(Cl)CC1OCCC1CCC1. The van der Waals surface area contributed by atoms with Gasteiger partial charge in [-0.3, -0.25) is 0 Å². The zero-order valence-corrected chi connectivity index (χ0v) is 9.50. The van der Waals surface area contributed by atoms with Crippen LogP contribution in [0.5, 0.6) is 0 Å². The maximum Gasteiger partial charge on any atom is 0.0997 e. The average Bonchev–Trinajstić information content (AvgIpc) is 2.07. The summed E-state index contributed by atoms with van der Waals surface area (Å²) in [5, 5.41) is 0.161. The molecular weight excluding hydrogens is 200 g/mol. The minimum absolute atomic E-state index is 0.123. The number of alkyl halides is 1. The van der Waals surface area contributed by atoms with Gasteiger partial charge in [0.2, 0.25) is 0 Å². The zero-order chi connectivity index (χ0) is 9.97. The highest BCUT2D eigenvalue weighted by Crippen LogP contribution is 2.33. The quantitative estimate of drug-likeness (QED) is 0.661. The molecule has 2 rings (SSSR count). The molecule has 2 aliphatic carbocycles. The molecule has 0 aliphatic heterocycles. The van der Waals surface area contributed by atoms with Gasteiger partial charge in [-0.15, -0.1) is 11.6 Å². The highest BCUT2D eigenvalue weighted by molar-refractivity contribution is 6.21. The Labute approximate surface area is 90.9 Å². The number of methoxy groups -OCH3 is 1. The van der Waals surface area contributed by atoms with Gasteiger partial charge in [-0.1, -0.05) is 19.3 Å². The third-order valence-corrected chi connectivity index (χ3v) is 3.96. The van der Waals surface area contributed by atoms with E-state index in [2.05, 4.69) is 0 Å². The standard InChI is InChI=1S/C11H19ClO2/c1-13-11-9(12)7-10(11)14-6-5-8-3-2-4-8/h8-11H,2-7H2,1H3. The minimum Gasteiger partial charge on any atom is -0.377 e. The van der Waals surface area contributed by atoms with Crippen molar-refractivity contribution < 1.29 is 9.47 Å². The van der Waals surface area contributed by atoms with Crippen molar-refractivity contribution in [2.75, 3.05) is 13.7 Å². The number of hydrogen-bond donors (Lipinski definition) is 0. The van der Waals surface area contributed by atoms with E-state index in [4.69, 9.17) is 21.1 Å². The van der Waals surface area contributed by atoms with Crippen LogP contribution >= 0.6 is 11.6 Å². The Morgan fingerprint density at radius 3 is 2.64 bits per heavy atom. The summed E-state index contributed by atoms with van der Waals surface area (Å²) in [6.07, 6.45) is 6.77. The summed E-state index contributed by atoms with van der Waals surface area (Å²) in [5.41, 5.74) is 0. The Morgan fingerprint density at radius 1 is 1.36 bits per heavy atom. The molecule has 0 saturated heterocycles. The van der Waals surface area contributed by atoms with Crippen molar-refractivity contribution >= 4 is 11.6 Å². The molecule has 3 unspecified atom stereocenters. The molecule has 82 valence electrons. The van der Waals surface area contributed by atoms with Gasteiger partial charge in [-0.2, -0.15) is 0 Å². The first-order chi connectivity index (χ1) is 6.81. The largest absolute Gasteiger partial charge is 0.377 e. The van der Waals surface area contributed by atoms with Crippen LogP contribution in [0.25, 0.3) is 0 Å². The minimum atomic E-state index is 0.123. The molecular formula is C11H19ClO2. The predicted molar refractivity (Wildman–Crippen MR) is 56.8 cm³/mol. The molecule has 0 amide bonds. The molecule has 3 atom stereocenters. The van der Waals surface area contributed by atoms with Crippen LogP contribution in [0.2, 0.25) is 0 Å². The van der Waals surface area contributed by atoms with Gasteiger partial charge in [0, 0.05) is 13.7 Å². The summed E-state index contributed by atoms with van der Waals surface area (Å²) in [5.74, 6) is 0.933. The van der Waals surface area contributed by atoms with Crippen LogP contribution in [0, 0.1) is 5.92 Å². The van der Waals surface area contributed by atoms with E-state index in [1.165, 1.54) is 25.7 Å². The maximum absolute atomic E-state index is 5.98. The van der Waals surface area contributed by atoms with Crippen molar-refractivity contribution in [2.24, 2.45) is 5.92 Å². The van der Waals surface area contributed by atoms with Crippen molar-refractivity contribution in [3.05, 3.63) is 0 Å². The van der Waals surface area contributed by atoms with Gasteiger partial charge in [0.05, 0.1) is 17.6 Å². The Morgan fingerprint density at radius 2 is 2.14 bits per heavy atom. The van der Waals surface area contributed by atoms with Gasteiger partial charge in [-0.25, -0.2) is 0 Å². The summed E-state index contributed by atoms with van der Waals surface area (Å²) >= 11 is 5.98. The molecule has 0 aromatic heterocycles. The first-order valence-corrected chi connectivity index (χ1v) is 6.03. The summed E-state index contributed by atoms with van der Waals surface area (Å²) in [6.45, 7) is 0.888. The van der Waals surface area contributed by atoms with Crippen LogP contribution in [-0.4, -0.2) is 31.3 Å². The van der Waals surface area contributed by atoms with Crippen LogP contribution in [-0.2, 0) is 9.47 Å². The first kappa shape index (κ1) is 10.7. The normalized spacial score (nSPS) is 37.7. The monoisotopic (exact) mass is 218 g/mol. The smallest absolute Gasteiger partial charge is 0.0997 e. The van der Waals surface area contributed by atoms with Gasteiger partial charge in [-0.05, 0) is 18.8 Å². The molecule has 0 aromatic rings. The molecule has 0 N–H and O–H groups in total. The molecule has 0 radical (unpaired) electrons. The topological polar surface area (TPSA) is 18.5 Å². The lowest BCUT2D eigenvalue weighted by atomic mass is 9.83. The summed E-state index contributed by atoms with van der Waals surface area (Å²) < 4.78 is 11.0. The Hall–Kier alpha value is 0.210. The fourth-order valence-electron chi connectivity index (χ4n) is 2.16. The third kappa shape index (κ3) is 2.23. The van der Waals surface area contributed by atoms with Gasteiger partial charge < -0.3 is 9.47 Å². The highest BCUT2D eigenvalue weighted by Gasteiger charge is 2.41.